The second kappa shape index (κ2) is 9.87. The number of morpholine rings is 1. The first-order valence-corrected chi connectivity index (χ1v) is 14.0. The topological polar surface area (TPSA) is 59.0 Å². The number of carbonyl (C=O) groups excluding carboxylic acids is 1. The molecule has 0 aromatic heterocycles. The maximum absolute atomic E-state index is 13.6. The van der Waals surface area contributed by atoms with Crippen molar-refractivity contribution in [2.24, 2.45) is 0 Å². The summed E-state index contributed by atoms with van der Waals surface area (Å²) in [6.45, 7) is 7.55. The van der Waals surface area contributed by atoms with E-state index in [0.29, 0.717) is 32.7 Å². The van der Waals surface area contributed by atoms with Crippen LogP contribution in [0.3, 0.4) is 0 Å². The molecule has 1 N–H and O–H groups in total. The zero-order chi connectivity index (χ0) is 26.4. The van der Waals surface area contributed by atoms with Crippen molar-refractivity contribution in [1.82, 2.24) is 4.90 Å². The van der Waals surface area contributed by atoms with E-state index in [9.17, 15) is 9.90 Å². The third-order valence-corrected chi connectivity index (χ3v) is 8.77. The first-order chi connectivity index (χ1) is 18.4. The molecule has 3 aromatic carbocycles. The third-order valence-electron chi connectivity index (χ3n) is 8.77. The van der Waals surface area contributed by atoms with E-state index in [1.807, 2.05) is 17.0 Å². The quantitative estimate of drug-likeness (QED) is 0.448. The SMILES string of the molecule is CCc1cc(C)cc(CC)c1C1(O)CC2COCC(C1)N2C(=O)OCC1c2ccccc2-c2ccccc21. The Bertz CT molecular complexity index is 1280. The van der Waals surface area contributed by atoms with E-state index in [1.54, 1.807) is 0 Å². The van der Waals surface area contributed by atoms with Gasteiger partial charge < -0.3 is 14.6 Å². The fourth-order valence-electron chi connectivity index (χ4n) is 7.24. The van der Waals surface area contributed by atoms with Crippen LogP contribution >= 0.6 is 0 Å². The Hall–Kier alpha value is -3.15. The molecule has 0 radical (unpaired) electrons. The highest BCUT2D eigenvalue weighted by molar-refractivity contribution is 5.79. The second-order valence-corrected chi connectivity index (χ2v) is 11.2. The van der Waals surface area contributed by atoms with E-state index in [2.05, 4.69) is 69.3 Å². The number of benzene rings is 3. The molecule has 5 heteroatoms. The summed E-state index contributed by atoms with van der Waals surface area (Å²) in [6.07, 6.45) is 2.35. The highest BCUT2D eigenvalue weighted by Crippen LogP contribution is 2.46. The van der Waals surface area contributed by atoms with Crippen molar-refractivity contribution >= 4 is 6.09 Å². The summed E-state index contributed by atoms with van der Waals surface area (Å²) in [5.41, 5.74) is 8.57. The molecule has 1 amide bonds. The number of nitrogens with zero attached hydrogens (tertiary/aromatic N) is 1. The molecule has 198 valence electrons. The third kappa shape index (κ3) is 4.13. The van der Waals surface area contributed by atoms with E-state index >= 15 is 0 Å². The molecule has 2 bridgehead atoms. The molecule has 1 aliphatic carbocycles. The molecular weight excluding hydrogens is 474 g/mol. The van der Waals surface area contributed by atoms with Crippen LogP contribution in [0.5, 0.6) is 0 Å². The van der Waals surface area contributed by atoms with Gasteiger partial charge in [0.05, 0.1) is 30.9 Å². The van der Waals surface area contributed by atoms with Gasteiger partial charge >= 0.3 is 6.09 Å². The van der Waals surface area contributed by atoms with Crippen molar-refractivity contribution < 1.29 is 19.4 Å². The number of amides is 1. The molecule has 38 heavy (non-hydrogen) atoms. The number of aryl methyl sites for hydroxylation is 3. The van der Waals surface area contributed by atoms with Crippen LogP contribution < -0.4 is 0 Å². The van der Waals surface area contributed by atoms with E-state index < -0.39 is 5.60 Å². The molecule has 3 aromatic rings. The van der Waals surface area contributed by atoms with Crippen LogP contribution in [0.15, 0.2) is 60.7 Å². The summed E-state index contributed by atoms with van der Waals surface area (Å²) >= 11 is 0. The van der Waals surface area contributed by atoms with Crippen LogP contribution in [0, 0.1) is 6.92 Å². The minimum absolute atomic E-state index is 0.0240. The van der Waals surface area contributed by atoms with Gasteiger partial charge in [-0.1, -0.05) is 80.1 Å². The molecule has 2 saturated heterocycles. The van der Waals surface area contributed by atoms with Crippen LogP contribution in [-0.2, 0) is 27.9 Å². The number of fused-ring (bicyclic) bond motifs is 5. The van der Waals surface area contributed by atoms with E-state index in [4.69, 9.17) is 9.47 Å². The molecule has 2 aliphatic heterocycles. The monoisotopic (exact) mass is 511 g/mol. The molecule has 0 saturated carbocycles. The Morgan fingerprint density at radius 3 is 2.00 bits per heavy atom. The summed E-state index contributed by atoms with van der Waals surface area (Å²) in [5, 5.41) is 12.1. The molecule has 2 heterocycles. The lowest BCUT2D eigenvalue weighted by molar-refractivity contribution is -0.137. The van der Waals surface area contributed by atoms with Gasteiger partial charge in [-0.2, -0.15) is 0 Å². The number of hydrogen-bond donors (Lipinski definition) is 1. The lowest BCUT2D eigenvalue weighted by atomic mass is 9.73. The highest BCUT2D eigenvalue weighted by Gasteiger charge is 2.50. The molecule has 2 unspecified atom stereocenters. The van der Waals surface area contributed by atoms with Crippen LogP contribution in [0.25, 0.3) is 11.1 Å². The number of hydrogen-bond acceptors (Lipinski definition) is 4. The Labute approximate surface area is 225 Å². The number of aliphatic hydroxyl groups is 1. The average molecular weight is 512 g/mol. The Balaban J connectivity index is 1.24. The molecule has 0 spiro atoms. The molecule has 6 rings (SSSR count). The maximum atomic E-state index is 13.6. The van der Waals surface area contributed by atoms with Gasteiger partial charge in [-0.05, 0) is 58.7 Å². The predicted octanol–water partition coefficient (Wildman–Crippen LogP) is 6.12. The normalized spacial score (nSPS) is 24.2. The lowest BCUT2D eigenvalue weighted by Crippen LogP contribution is -2.63. The van der Waals surface area contributed by atoms with Gasteiger partial charge in [0.1, 0.15) is 6.61 Å². The first kappa shape index (κ1) is 25.1. The number of ether oxygens (including phenoxy) is 2. The zero-order valence-corrected chi connectivity index (χ0v) is 22.6. The minimum atomic E-state index is -0.983. The molecule has 2 atom stereocenters. The van der Waals surface area contributed by atoms with Crippen molar-refractivity contribution in [1.29, 1.82) is 0 Å². The lowest BCUT2D eigenvalue weighted by Gasteiger charge is -2.51. The van der Waals surface area contributed by atoms with Gasteiger partial charge in [-0.15, -0.1) is 0 Å². The van der Waals surface area contributed by atoms with Gasteiger partial charge in [0.15, 0.2) is 0 Å². The summed E-state index contributed by atoms with van der Waals surface area (Å²) < 4.78 is 11.9. The maximum Gasteiger partial charge on any atom is 0.410 e. The summed E-state index contributed by atoms with van der Waals surface area (Å²) in [6, 6.07) is 20.7. The van der Waals surface area contributed by atoms with Gasteiger partial charge in [-0.25, -0.2) is 4.79 Å². The Morgan fingerprint density at radius 1 is 0.947 bits per heavy atom. The molecular formula is C33H37NO4. The minimum Gasteiger partial charge on any atom is -0.448 e. The zero-order valence-electron chi connectivity index (χ0n) is 22.6. The molecule has 3 aliphatic rings. The van der Waals surface area contributed by atoms with E-state index in [-0.39, 0.29) is 24.1 Å². The molecule has 5 nitrogen and oxygen atoms in total. The number of piperidine rings is 1. The largest absolute Gasteiger partial charge is 0.448 e. The summed E-state index contributed by atoms with van der Waals surface area (Å²) in [4.78, 5) is 15.5. The smallest absolute Gasteiger partial charge is 0.410 e. The van der Waals surface area contributed by atoms with E-state index in [0.717, 1.165) is 18.4 Å². The van der Waals surface area contributed by atoms with Crippen molar-refractivity contribution in [3.8, 4) is 11.1 Å². The number of carbonyl (C=O) groups is 1. The Morgan fingerprint density at radius 2 is 1.47 bits per heavy atom. The Kier molecular flexibility index (Phi) is 6.53. The predicted molar refractivity (Wildman–Crippen MR) is 148 cm³/mol. The van der Waals surface area contributed by atoms with Crippen molar-refractivity contribution in [3.05, 3.63) is 94.0 Å². The van der Waals surface area contributed by atoms with Crippen molar-refractivity contribution in [2.45, 2.75) is 70.1 Å². The highest BCUT2D eigenvalue weighted by atomic mass is 16.6. The average Bonchev–Trinajstić information content (AvgIpc) is 3.24. The van der Waals surface area contributed by atoms with Gasteiger partial charge in [-0.3, -0.25) is 4.90 Å². The second-order valence-electron chi connectivity index (χ2n) is 11.2. The first-order valence-electron chi connectivity index (χ1n) is 14.0. The van der Waals surface area contributed by atoms with Crippen LogP contribution in [0.4, 0.5) is 4.79 Å². The number of rotatable bonds is 5. The van der Waals surface area contributed by atoms with Crippen LogP contribution in [0.2, 0.25) is 0 Å². The van der Waals surface area contributed by atoms with Crippen LogP contribution in [-0.4, -0.2) is 48.0 Å². The fraction of sp³-hybridized carbons (Fsp3) is 0.424. The molecule has 2 fully saturated rings. The van der Waals surface area contributed by atoms with Crippen molar-refractivity contribution in [3.63, 3.8) is 0 Å². The van der Waals surface area contributed by atoms with Crippen molar-refractivity contribution in [2.75, 3.05) is 19.8 Å². The van der Waals surface area contributed by atoms with E-state index in [1.165, 1.54) is 38.9 Å². The standard InChI is InChI=1S/C33H37NO4/c1-4-22-14-21(3)15-23(5-2)31(22)33(36)16-24-18-37-19-25(17-33)34(24)32(35)38-20-30-28-12-8-6-10-26(28)27-11-7-9-13-29(27)30/h6-15,24-25,30,36H,4-5,16-20H2,1-3H3. The van der Waals surface area contributed by atoms with Crippen LogP contribution in [0.1, 0.15) is 66.0 Å². The van der Waals surface area contributed by atoms with Gasteiger partial charge in [0.2, 0.25) is 0 Å². The van der Waals surface area contributed by atoms with Gasteiger partial charge in [0.25, 0.3) is 0 Å². The van der Waals surface area contributed by atoms with Gasteiger partial charge in [0, 0.05) is 18.8 Å². The summed E-state index contributed by atoms with van der Waals surface area (Å²) in [5.74, 6) is 0.0240. The fourth-order valence-corrected chi connectivity index (χ4v) is 7.24. The summed E-state index contributed by atoms with van der Waals surface area (Å²) in [7, 11) is 0.